The Bertz CT molecular complexity index is 1910. The lowest BCUT2D eigenvalue weighted by Gasteiger charge is -2.65. The van der Waals surface area contributed by atoms with E-state index in [9.17, 15) is 19.2 Å². The predicted octanol–water partition coefficient (Wildman–Crippen LogP) is 2.22. The summed E-state index contributed by atoms with van der Waals surface area (Å²) >= 11 is 0. The van der Waals surface area contributed by atoms with Gasteiger partial charge in [0.1, 0.15) is 11.1 Å². The monoisotopic (exact) mass is 714 g/mol. The molecule has 0 radical (unpaired) electrons. The van der Waals surface area contributed by atoms with Gasteiger partial charge in [0.25, 0.3) is 0 Å². The third-order valence-electron chi connectivity index (χ3n) is 18.7. The second-order valence-corrected chi connectivity index (χ2v) is 20.3. The van der Waals surface area contributed by atoms with Crippen LogP contribution < -0.4 is 0 Å². The van der Waals surface area contributed by atoms with E-state index in [0.29, 0.717) is 51.5 Å². The molecular weight excluding hydrogens is 660 g/mol. The summed E-state index contributed by atoms with van der Waals surface area (Å²) in [6.45, 7) is 13.2. The summed E-state index contributed by atoms with van der Waals surface area (Å²) in [6, 6.07) is -0.749. The maximum atomic E-state index is 15.2. The molecule has 12 rings (SSSR count). The summed E-state index contributed by atoms with van der Waals surface area (Å²) in [5.74, 6) is -0.166. The van der Waals surface area contributed by atoms with Gasteiger partial charge in [-0.1, -0.05) is 41.5 Å². The molecule has 10 aliphatic heterocycles. The number of rotatable bonds is 1. The Morgan fingerprint density at radius 2 is 1.29 bits per heavy atom. The molecule has 12 heteroatoms. The van der Waals surface area contributed by atoms with E-state index in [-0.39, 0.29) is 59.2 Å². The number of amides is 6. The summed E-state index contributed by atoms with van der Waals surface area (Å²) in [5, 5.41) is 0. The van der Waals surface area contributed by atoms with Gasteiger partial charge in [-0.05, 0) is 67.3 Å². The van der Waals surface area contributed by atoms with Crippen LogP contribution in [0.4, 0.5) is 0 Å². The Kier molecular flexibility index (Phi) is 5.58. The number of piperazine rings is 2. The number of likely N-dealkylation sites (tertiary alicyclic amines) is 1. The third-order valence-corrected chi connectivity index (χ3v) is 18.7. The Balaban J connectivity index is 1.10. The van der Waals surface area contributed by atoms with Gasteiger partial charge in [0.2, 0.25) is 35.4 Å². The molecule has 11 fully saturated rings. The smallest absolute Gasteiger partial charge is 0.249 e. The van der Waals surface area contributed by atoms with Crippen LogP contribution in [-0.2, 0) is 28.8 Å². The van der Waals surface area contributed by atoms with E-state index in [4.69, 9.17) is 0 Å². The first kappa shape index (κ1) is 33.2. The SMILES string of the molecule is C[C@H]1CC(=O)N2C[C@]34C[C@]5(CC(C6=CN(C)C(=O)[C@@]67C[C@@]68CC[C@]9(C(=O)N6C)[C@@H](C)CC(=O)N9C8C7(C)C)N(C)C5=O)C(C)(C)[C@@H]3C[C@]12C(=O)N4C. The zero-order valence-corrected chi connectivity index (χ0v) is 32.5. The maximum absolute atomic E-state index is 15.2. The first-order valence-electron chi connectivity index (χ1n) is 19.6. The van der Waals surface area contributed by atoms with Crippen molar-refractivity contribution in [1.29, 1.82) is 0 Å². The molecule has 0 aromatic rings. The van der Waals surface area contributed by atoms with Crippen LogP contribution in [0.25, 0.3) is 0 Å². The number of likely N-dealkylation sites (N-methyl/N-ethyl adjacent to an activating group) is 3. The van der Waals surface area contributed by atoms with Gasteiger partial charge in [0, 0.05) is 59.2 Å². The fourth-order valence-corrected chi connectivity index (χ4v) is 16.0. The van der Waals surface area contributed by atoms with Gasteiger partial charge in [0.05, 0.1) is 34.0 Å². The molecule has 10 heterocycles. The van der Waals surface area contributed by atoms with Crippen LogP contribution in [0.1, 0.15) is 92.9 Å². The Labute approximate surface area is 306 Å². The van der Waals surface area contributed by atoms with E-state index in [0.717, 1.165) is 12.0 Å². The quantitative estimate of drug-likeness (QED) is 0.411. The second kappa shape index (κ2) is 8.75. The predicted molar refractivity (Wildman–Crippen MR) is 187 cm³/mol. The van der Waals surface area contributed by atoms with Gasteiger partial charge in [-0.25, -0.2) is 0 Å². The Morgan fingerprint density at radius 1 is 0.673 bits per heavy atom. The van der Waals surface area contributed by atoms with Gasteiger partial charge < -0.3 is 29.4 Å². The summed E-state index contributed by atoms with van der Waals surface area (Å²) in [5.41, 5.74) is -5.38. The standard InChI is InChI=1S/C40H54N6O6/c1-21-14-27(48)46-28-34(5,6)38(19-36(28)11-12-39(21,46)31(51)43(36)9)23(17-41(7)30(38)50)24-15-35(29(49)42(24)8)18-37-20-45-26(47)13-22(2)40(45,32(52)44(37)10)16-25(37)33(35,3)4/h17,21-22,24-25,28H,11-16,18-20H2,1-10H3/t21-,22-,24?,25-,28?,35-,36+,37+,38+,39+,40+/m0/s1. The van der Waals surface area contributed by atoms with Gasteiger partial charge >= 0.3 is 0 Å². The van der Waals surface area contributed by atoms with Crippen LogP contribution in [0.3, 0.4) is 0 Å². The zero-order chi connectivity index (χ0) is 37.5. The molecule has 6 spiro atoms. The highest BCUT2D eigenvalue weighted by atomic mass is 16.2. The van der Waals surface area contributed by atoms with E-state index in [2.05, 4.69) is 27.7 Å². The highest BCUT2D eigenvalue weighted by molar-refractivity contribution is 6.01. The topological polar surface area (TPSA) is 122 Å². The van der Waals surface area contributed by atoms with Crippen LogP contribution >= 0.6 is 0 Å². The van der Waals surface area contributed by atoms with Crippen molar-refractivity contribution in [2.75, 3.05) is 34.7 Å². The third kappa shape index (κ3) is 2.78. The highest BCUT2D eigenvalue weighted by Gasteiger charge is 2.85. The molecule has 0 aromatic carbocycles. The van der Waals surface area contributed by atoms with Crippen LogP contribution in [0.15, 0.2) is 11.8 Å². The lowest BCUT2D eigenvalue weighted by Crippen LogP contribution is -2.81. The number of piperidine rings is 4. The number of carbonyl (C=O) groups excluding carboxylic acids is 6. The van der Waals surface area contributed by atoms with Crippen molar-refractivity contribution in [1.82, 2.24) is 29.4 Å². The van der Waals surface area contributed by atoms with E-state index >= 15 is 9.59 Å². The van der Waals surface area contributed by atoms with Gasteiger partial charge in [-0.15, -0.1) is 0 Å². The summed E-state index contributed by atoms with van der Waals surface area (Å²) in [6.07, 6.45) is 5.91. The molecule has 2 aliphatic carbocycles. The van der Waals surface area contributed by atoms with Crippen LogP contribution in [-0.4, -0.2) is 134 Å². The minimum atomic E-state index is -1.05. The number of hydrogen-bond acceptors (Lipinski definition) is 6. The Hall–Kier alpha value is -3.44. The van der Waals surface area contributed by atoms with Crippen molar-refractivity contribution in [3.63, 3.8) is 0 Å². The average molecular weight is 715 g/mol. The van der Waals surface area contributed by atoms with Crippen LogP contribution in [0.5, 0.6) is 0 Å². The molecule has 280 valence electrons. The minimum Gasteiger partial charge on any atom is -0.338 e. The number of fused-ring (bicyclic) bond motifs is 3. The average Bonchev–Trinajstić information content (AvgIpc) is 3.79. The van der Waals surface area contributed by atoms with Gasteiger partial charge in [-0.3, -0.25) is 28.8 Å². The molecule has 0 aromatic heterocycles. The van der Waals surface area contributed by atoms with E-state index in [1.807, 2.05) is 65.7 Å². The largest absolute Gasteiger partial charge is 0.338 e. The minimum absolute atomic E-state index is 0.000436. The molecule has 0 N–H and O–H groups in total. The zero-order valence-electron chi connectivity index (χ0n) is 32.5. The van der Waals surface area contributed by atoms with E-state index in [1.54, 1.807) is 11.9 Å². The molecule has 12 aliphatic rings. The second-order valence-electron chi connectivity index (χ2n) is 20.3. The first-order valence-corrected chi connectivity index (χ1v) is 19.6. The van der Waals surface area contributed by atoms with Gasteiger partial charge in [0.15, 0.2) is 0 Å². The summed E-state index contributed by atoms with van der Waals surface area (Å²) < 4.78 is 0. The van der Waals surface area contributed by atoms with Crippen molar-refractivity contribution in [3.8, 4) is 0 Å². The van der Waals surface area contributed by atoms with Crippen molar-refractivity contribution in [3.05, 3.63) is 11.8 Å². The molecule has 2 saturated carbocycles. The number of hydrogen-bond donors (Lipinski definition) is 0. The Morgan fingerprint density at radius 3 is 1.98 bits per heavy atom. The molecule has 4 bridgehead atoms. The molecular formula is C40H54N6O6. The van der Waals surface area contributed by atoms with Crippen molar-refractivity contribution < 1.29 is 28.8 Å². The van der Waals surface area contributed by atoms with Crippen LogP contribution in [0, 0.1) is 39.4 Å². The van der Waals surface area contributed by atoms with Crippen molar-refractivity contribution in [2.45, 2.75) is 127 Å². The lowest BCUT2D eigenvalue weighted by molar-refractivity contribution is -0.196. The summed E-state index contributed by atoms with van der Waals surface area (Å²) in [7, 11) is 7.45. The van der Waals surface area contributed by atoms with Crippen molar-refractivity contribution >= 4 is 35.4 Å². The molecule has 2 unspecified atom stereocenters. The molecule has 52 heavy (non-hydrogen) atoms. The normalized spacial score (nSPS) is 50.5. The summed E-state index contributed by atoms with van der Waals surface area (Å²) in [4.78, 5) is 97.6. The number of carbonyl (C=O) groups is 6. The highest BCUT2D eigenvalue weighted by Crippen LogP contribution is 2.76. The van der Waals surface area contributed by atoms with Gasteiger partial charge in [-0.2, -0.15) is 0 Å². The van der Waals surface area contributed by atoms with E-state index < -0.39 is 49.9 Å². The number of nitrogens with zero attached hydrogens (tertiary/aromatic N) is 6. The lowest BCUT2D eigenvalue weighted by atomic mass is 9.56. The van der Waals surface area contributed by atoms with Crippen LogP contribution in [0.2, 0.25) is 0 Å². The molecule has 11 atom stereocenters. The first-order chi connectivity index (χ1) is 24.1. The maximum Gasteiger partial charge on any atom is 0.249 e. The van der Waals surface area contributed by atoms with E-state index in [1.165, 1.54) is 0 Å². The molecule has 12 nitrogen and oxygen atoms in total. The fraction of sp³-hybridized carbons (Fsp3) is 0.800. The van der Waals surface area contributed by atoms with Crippen molar-refractivity contribution in [2.24, 2.45) is 39.4 Å². The molecule has 9 saturated heterocycles. The molecule has 6 amide bonds. The fourth-order valence-electron chi connectivity index (χ4n) is 16.0.